The normalized spacial score (nSPS) is 9.34. The lowest BCUT2D eigenvalue weighted by molar-refractivity contribution is 0.175. The van der Waals surface area contributed by atoms with Gasteiger partial charge in [0.2, 0.25) is 0 Å². The van der Waals surface area contributed by atoms with Gasteiger partial charge < -0.3 is 9.47 Å². The smallest absolute Gasteiger partial charge is 0.412 e. The van der Waals surface area contributed by atoms with Gasteiger partial charge in [-0.15, -0.1) is 0 Å². The molecule has 0 saturated carbocycles. The minimum Gasteiger partial charge on any atom is -0.436 e. The van der Waals surface area contributed by atoms with Crippen molar-refractivity contribution >= 4 is 23.6 Å². The number of ether oxygens (including phenoxy) is 2. The summed E-state index contributed by atoms with van der Waals surface area (Å²) in [6, 6.07) is 5.08. The fourth-order valence-electron chi connectivity index (χ4n) is 2.19. The van der Waals surface area contributed by atoms with Crippen LogP contribution in [0.15, 0.2) is 18.2 Å². The molecule has 0 atom stereocenters. The largest absolute Gasteiger partial charge is 0.436 e. The number of anilines is 2. The molecule has 0 aliphatic rings. The molecule has 0 radical (unpaired) electrons. The Morgan fingerprint density at radius 2 is 1.41 bits per heavy atom. The topological polar surface area (TPSA) is 76.7 Å². The van der Waals surface area contributed by atoms with Crippen LogP contribution in [0, 0.1) is 30.6 Å². The van der Waals surface area contributed by atoms with Gasteiger partial charge in [-0.25, -0.2) is 9.59 Å². The van der Waals surface area contributed by atoms with Crippen molar-refractivity contribution in [3.05, 3.63) is 23.8 Å². The van der Waals surface area contributed by atoms with E-state index in [1.54, 1.807) is 18.2 Å². The summed E-state index contributed by atoms with van der Waals surface area (Å²) in [6.45, 7) is 6.13. The molecule has 1 aromatic rings. The monoisotopic (exact) mass is 398 g/mol. The lowest BCUT2D eigenvalue weighted by Gasteiger charge is -2.10. The third-order valence-corrected chi connectivity index (χ3v) is 3.82. The molecule has 0 aromatic heterocycles. The molecule has 29 heavy (non-hydrogen) atoms. The third-order valence-electron chi connectivity index (χ3n) is 3.82. The van der Waals surface area contributed by atoms with Crippen molar-refractivity contribution in [2.75, 3.05) is 23.8 Å². The Morgan fingerprint density at radius 1 is 0.862 bits per heavy atom. The number of hydrogen-bond acceptors (Lipinski definition) is 4. The number of amides is 2. The van der Waals surface area contributed by atoms with Crippen LogP contribution in [-0.4, -0.2) is 25.4 Å². The molecule has 0 saturated heterocycles. The maximum absolute atomic E-state index is 11.8. The molecule has 6 nitrogen and oxygen atoms in total. The highest BCUT2D eigenvalue weighted by atomic mass is 16.6. The van der Waals surface area contributed by atoms with Gasteiger partial charge in [-0.3, -0.25) is 10.6 Å². The number of rotatable bonds is 8. The van der Waals surface area contributed by atoms with Crippen molar-refractivity contribution in [2.45, 2.75) is 59.3 Å². The summed E-state index contributed by atoms with van der Waals surface area (Å²) in [5, 5.41) is 5.29. The molecule has 0 heterocycles. The number of hydrogen-bond donors (Lipinski definition) is 2. The molecule has 0 bridgehead atoms. The highest BCUT2D eigenvalue weighted by Crippen LogP contribution is 2.20. The Kier molecular flexibility index (Phi) is 12.3. The van der Waals surface area contributed by atoms with E-state index >= 15 is 0 Å². The van der Waals surface area contributed by atoms with Crippen LogP contribution in [0.3, 0.4) is 0 Å². The van der Waals surface area contributed by atoms with Gasteiger partial charge in [0.05, 0.1) is 0 Å². The Hall–Kier alpha value is -3.12. The summed E-state index contributed by atoms with van der Waals surface area (Å²) in [5.74, 6) is 11.5. The summed E-state index contributed by atoms with van der Waals surface area (Å²) < 4.78 is 10.0. The van der Waals surface area contributed by atoms with Gasteiger partial charge in [-0.2, -0.15) is 0 Å². The lowest BCUT2D eigenvalue weighted by Crippen LogP contribution is -2.16. The maximum atomic E-state index is 11.8. The second-order valence-electron chi connectivity index (χ2n) is 6.35. The number of carbonyl (C=O) groups excluding carboxylic acids is 2. The van der Waals surface area contributed by atoms with Crippen LogP contribution in [0.5, 0.6) is 0 Å². The molecule has 2 N–H and O–H groups in total. The first-order valence-corrected chi connectivity index (χ1v) is 9.96. The summed E-state index contributed by atoms with van der Waals surface area (Å²) in [7, 11) is 0. The lowest BCUT2D eigenvalue weighted by atomic mass is 10.2. The van der Waals surface area contributed by atoms with Crippen molar-refractivity contribution in [2.24, 2.45) is 0 Å². The maximum Gasteiger partial charge on any atom is 0.412 e. The fraction of sp³-hybridized carbons (Fsp3) is 0.478. The summed E-state index contributed by atoms with van der Waals surface area (Å²) >= 11 is 0. The van der Waals surface area contributed by atoms with Crippen molar-refractivity contribution in [1.82, 2.24) is 0 Å². The molecule has 2 amide bonds. The second-order valence-corrected chi connectivity index (χ2v) is 6.35. The predicted octanol–water partition coefficient (Wildman–Crippen LogP) is 5.48. The number of nitrogens with one attached hydrogen (secondary N) is 2. The van der Waals surface area contributed by atoms with Crippen molar-refractivity contribution in [1.29, 1.82) is 0 Å². The molecule has 6 heteroatoms. The summed E-state index contributed by atoms with van der Waals surface area (Å²) in [6.07, 6.45) is 4.73. The van der Waals surface area contributed by atoms with E-state index in [-0.39, 0.29) is 13.2 Å². The molecule has 0 aliphatic heterocycles. The van der Waals surface area contributed by atoms with Gasteiger partial charge >= 0.3 is 12.2 Å². The Labute approximate surface area is 173 Å². The van der Waals surface area contributed by atoms with Crippen LogP contribution in [0.2, 0.25) is 0 Å². The van der Waals surface area contributed by atoms with Crippen LogP contribution in [0.25, 0.3) is 0 Å². The zero-order chi connectivity index (χ0) is 21.3. The standard InChI is InChI=1S/C23H30N2O4/c1-4-6-8-10-12-16-28-22(26)24-20-14-15-21(19(3)18-20)25-23(27)29-17-13-11-9-7-5-2/h14-15,18H,4-9,16-17H2,1-3H3,(H,24,26)(H,25,27). The summed E-state index contributed by atoms with van der Waals surface area (Å²) in [5.41, 5.74) is 1.93. The van der Waals surface area contributed by atoms with Crippen molar-refractivity contribution in [3.8, 4) is 23.7 Å². The minimum absolute atomic E-state index is 0.0569. The number of aryl methyl sites for hydroxylation is 1. The average molecular weight is 399 g/mol. The SMILES string of the molecule is CCCCC#CCOC(=O)Nc1ccc(NC(=O)OCC#CCCCC)c(C)c1. The Balaban J connectivity index is 2.41. The number of benzene rings is 1. The van der Waals surface area contributed by atoms with Crippen LogP contribution in [0.4, 0.5) is 21.0 Å². The molecule has 156 valence electrons. The second kappa shape index (κ2) is 14.9. The van der Waals surface area contributed by atoms with Crippen LogP contribution in [-0.2, 0) is 9.47 Å². The molecule has 0 aliphatic carbocycles. The van der Waals surface area contributed by atoms with Crippen LogP contribution < -0.4 is 10.6 Å². The molecular formula is C23H30N2O4. The quantitative estimate of drug-likeness (QED) is 0.449. The van der Waals surface area contributed by atoms with Gasteiger partial charge in [0, 0.05) is 24.2 Å². The molecule has 0 unspecified atom stereocenters. The van der Waals surface area contributed by atoms with E-state index in [4.69, 9.17) is 9.47 Å². The van der Waals surface area contributed by atoms with Crippen LogP contribution in [0.1, 0.15) is 57.9 Å². The van der Waals surface area contributed by atoms with Crippen LogP contribution >= 0.6 is 0 Å². The van der Waals surface area contributed by atoms with Crippen molar-refractivity contribution < 1.29 is 19.1 Å². The van der Waals surface area contributed by atoms with Gasteiger partial charge in [-0.05, 0) is 43.5 Å². The first-order valence-electron chi connectivity index (χ1n) is 9.96. The summed E-state index contributed by atoms with van der Waals surface area (Å²) in [4.78, 5) is 23.6. The first kappa shape index (κ1) is 23.9. The number of unbranched alkanes of at least 4 members (excludes halogenated alkanes) is 4. The van der Waals surface area contributed by atoms with Crippen molar-refractivity contribution in [3.63, 3.8) is 0 Å². The highest BCUT2D eigenvalue weighted by molar-refractivity contribution is 5.88. The third kappa shape index (κ3) is 11.3. The van der Waals surface area contributed by atoms with E-state index in [2.05, 4.69) is 48.2 Å². The average Bonchev–Trinajstić information content (AvgIpc) is 2.69. The molecular weight excluding hydrogens is 368 g/mol. The molecule has 1 aromatic carbocycles. The molecule has 1 rings (SSSR count). The molecule has 0 spiro atoms. The zero-order valence-electron chi connectivity index (χ0n) is 17.5. The first-order chi connectivity index (χ1) is 14.1. The number of carbonyl (C=O) groups is 2. The Bertz CT molecular complexity index is 782. The van der Waals surface area contributed by atoms with E-state index in [9.17, 15) is 9.59 Å². The van der Waals surface area contributed by atoms with E-state index < -0.39 is 12.2 Å². The van der Waals surface area contributed by atoms with E-state index in [0.29, 0.717) is 11.4 Å². The minimum atomic E-state index is -0.573. The van der Waals surface area contributed by atoms with Gasteiger partial charge in [0.15, 0.2) is 13.2 Å². The van der Waals surface area contributed by atoms with Gasteiger partial charge in [-0.1, -0.05) is 50.4 Å². The Morgan fingerprint density at radius 3 is 1.93 bits per heavy atom. The zero-order valence-corrected chi connectivity index (χ0v) is 17.5. The predicted molar refractivity (Wildman–Crippen MR) is 116 cm³/mol. The van der Waals surface area contributed by atoms with E-state index in [1.807, 2.05) is 6.92 Å². The van der Waals surface area contributed by atoms with Gasteiger partial charge in [0.25, 0.3) is 0 Å². The highest BCUT2D eigenvalue weighted by Gasteiger charge is 2.08. The fourth-order valence-corrected chi connectivity index (χ4v) is 2.19. The molecule has 0 fully saturated rings. The van der Waals surface area contributed by atoms with E-state index in [0.717, 1.165) is 44.1 Å². The van der Waals surface area contributed by atoms with Gasteiger partial charge in [0.1, 0.15) is 0 Å². The van der Waals surface area contributed by atoms with E-state index in [1.165, 1.54) is 0 Å².